The minimum Gasteiger partial charge on any atom is -0.444 e. The molecule has 0 bridgehead atoms. The zero-order valence-electron chi connectivity index (χ0n) is 19.6. The number of aliphatic imine (C=N–C) groups is 1. The maximum atomic E-state index is 12.7. The molecule has 34 heavy (non-hydrogen) atoms. The number of hydrogen-bond acceptors (Lipinski definition) is 9. The molecule has 0 aromatic carbocycles. The molecule has 1 heterocycles. The summed E-state index contributed by atoms with van der Waals surface area (Å²) in [6, 6.07) is -1.86. The average Bonchev–Trinajstić information content (AvgIpc) is 3.26. The molecule has 190 valence electrons. The molecule has 3 amide bonds. The highest BCUT2D eigenvalue weighted by Gasteiger charge is 2.26. The smallest absolute Gasteiger partial charge is 0.408 e. The lowest BCUT2D eigenvalue weighted by molar-refractivity contribution is -0.127. The van der Waals surface area contributed by atoms with E-state index in [1.165, 1.54) is 6.20 Å². The molecule has 0 saturated carbocycles. The number of ether oxygens (including phenoxy) is 1. The number of carbonyl (C=O) groups excluding carboxylic acids is 4. The highest BCUT2D eigenvalue weighted by Crippen LogP contribution is 2.11. The monoisotopic (exact) mass is 498 g/mol. The van der Waals surface area contributed by atoms with Gasteiger partial charge in [0.25, 0.3) is 0 Å². The third-order valence-corrected chi connectivity index (χ3v) is 4.91. The van der Waals surface area contributed by atoms with Crippen molar-refractivity contribution in [1.29, 1.82) is 0 Å². The number of ketones is 1. The Hall–Kier alpha value is -3.26. The number of nitrogens with one attached hydrogen (secondary N) is 3. The standard InChI is InChI=1S/C20H34N8O5S/c1-20(2,3)33-19(32)28-13(6-7-21)16(31)26-11-14(29)27-12(5-4-8-25-18(22)23)15(30)17-24-9-10-34-17/h9-10,12-13H,4-8,11,21H2,1-3H3,(H,26,31)(H,27,29)(H,28,32)(H4,22,23,25)/t12-,13+/m0/s1. The van der Waals surface area contributed by atoms with Gasteiger partial charge < -0.3 is 37.9 Å². The van der Waals surface area contributed by atoms with E-state index in [2.05, 4.69) is 25.9 Å². The predicted octanol–water partition coefficient (Wildman–Crippen LogP) is -0.777. The predicted molar refractivity (Wildman–Crippen MR) is 128 cm³/mol. The van der Waals surface area contributed by atoms with Crippen molar-refractivity contribution in [3.8, 4) is 0 Å². The van der Waals surface area contributed by atoms with Gasteiger partial charge in [0, 0.05) is 18.1 Å². The van der Waals surface area contributed by atoms with Crippen molar-refractivity contribution in [2.75, 3.05) is 19.6 Å². The van der Waals surface area contributed by atoms with Crippen molar-refractivity contribution in [2.24, 2.45) is 22.2 Å². The van der Waals surface area contributed by atoms with E-state index in [1.807, 2.05) is 0 Å². The van der Waals surface area contributed by atoms with Crippen LogP contribution in [-0.4, -0.2) is 72.0 Å². The van der Waals surface area contributed by atoms with Gasteiger partial charge in [-0.2, -0.15) is 0 Å². The van der Waals surface area contributed by atoms with E-state index in [4.69, 9.17) is 21.9 Å². The highest BCUT2D eigenvalue weighted by molar-refractivity contribution is 7.11. The van der Waals surface area contributed by atoms with Gasteiger partial charge in [0.15, 0.2) is 11.0 Å². The molecule has 2 atom stereocenters. The van der Waals surface area contributed by atoms with Crippen LogP contribution in [0.2, 0.25) is 0 Å². The number of aromatic nitrogens is 1. The number of nitrogens with zero attached hydrogens (tertiary/aromatic N) is 2. The maximum absolute atomic E-state index is 12.7. The van der Waals surface area contributed by atoms with E-state index >= 15 is 0 Å². The van der Waals surface area contributed by atoms with E-state index in [0.29, 0.717) is 6.42 Å². The van der Waals surface area contributed by atoms with Crippen LogP contribution in [0.5, 0.6) is 0 Å². The first-order valence-electron chi connectivity index (χ1n) is 10.7. The Morgan fingerprint density at radius 1 is 1.15 bits per heavy atom. The van der Waals surface area contributed by atoms with Crippen LogP contribution in [-0.2, 0) is 14.3 Å². The average molecular weight is 499 g/mol. The van der Waals surface area contributed by atoms with Crippen LogP contribution in [0.25, 0.3) is 0 Å². The lowest BCUT2D eigenvalue weighted by atomic mass is 10.1. The quantitative estimate of drug-likeness (QED) is 0.0868. The Kier molecular flexibility index (Phi) is 11.9. The molecular weight excluding hydrogens is 464 g/mol. The molecule has 1 rings (SSSR count). The third kappa shape index (κ3) is 11.6. The number of hydrogen-bond donors (Lipinski definition) is 6. The molecule has 1 aromatic heterocycles. The van der Waals surface area contributed by atoms with Crippen LogP contribution >= 0.6 is 11.3 Å². The molecule has 0 aliphatic carbocycles. The normalized spacial score (nSPS) is 12.7. The van der Waals surface area contributed by atoms with Crippen LogP contribution in [0.4, 0.5) is 4.79 Å². The summed E-state index contributed by atoms with van der Waals surface area (Å²) in [7, 11) is 0. The first-order valence-corrected chi connectivity index (χ1v) is 11.6. The lowest BCUT2D eigenvalue weighted by Crippen LogP contribution is -2.52. The summed E-state index contributed by atoms with van der Waals surface area (Å²) in [4.78, 5) is 57.5. The number of alkyl carbamates (subject to hydrolysis) is 1. The van der Waals surface area contributed by atoms with Gasteiger partial charge in [-0.05, 0) is 46.6 Å². The maximum Gasteiger partial charge on any atom is 0.408 e. The highest BCUT2D eigenvalue weighted by atomic mass is 32.1. The van der Waals surface area contributed by atoms with Crippen molar-refractivity contribution in [1.82, 2.24) is 20.9 Å². The minimum absolute atomic E-state index is 0.0680. The Labute approximate surface area is 202 Å². The van der Waals surface area contributed by atoms with Crippen LogP contribution in [0.1, 0.15) is 49.8 Å². The summed E-state index contributed by atoms with van der Waals surface area (Å²) >= 11 is 1.15. The second kappa shape index (κ2) is 14.1. The van der Waals surface area contributed by atoms with Crippen LogP contribution in [0.3, 0.4) is 0 Å². The van der Waals surface area contributed by atoms with Gasteiger partial charge in [0.2, 0.25) is 17.6 Å². The first-order chi connectivity index (χ1) is 15.9. The van der Waals surface area contributed by atoms with Crippen molar-refractivity contribution in [3.63, 3.8) is 0 Å². The Morgan fingerprint density at radius 3 is 2.41 bits per heavy atom. The number of rotatable bonds is 13. The van der Waals surface area contributed by atoms with Gasteiger partial charge >= 0.3 is 6.09 Å². The molecule has 0 aliphatic heterocycles. The zero-order chi connectivity index (χ0) is 25.7. The molecule has 0 unspecified atom stereocenters. The number of amides is 3. The molecule has 0 radical (unpaired) electrons. The molecule has 1 aromatic rings. The molecule has 0 spiro atoms. The molecule has 0 aliphatic rings. The summed E-state index contributed by atoms with van der Waals surface area (Å²) in [6.45, 7) is 5.07. The second-order valence-electron chi connectivity index (χ2n) is 8.26. The Balaban J connectivity index is 2.69. The van der Waals surface area contributed by atoms with E-state index in [0.717, 1.165) is 11.3 Å². The third-order valence-electron chi connectivity index (χ3n) is 4.13. The van der Waals surface area contributed by atoms with Gasteiger partial charge in [-0.3, -0.25) is 19.4 Å². The van der Waals surface area contributed by atoms with Crippen LogP contribution in [0, 0.1) is 0 Å². The Bertz CT molecular complexity index is 850. The van der Waals surface area contributed by atoms with Crippen molar-refractivity contribution in [3.05, 3.63) is 16.6 Å². The molecule has 9 N–H and O–H groups in total. The number of guanidine groups is 1. The fraction of sp³-hybridized carbons (Fsp3) is 0.600. The Morgan fingerprint density at radius 2 is 1.85 bits per heavy atom. The SMILES string of the molecule is CC(C)(C)OC(=O)N[C@H](CCN)C(=O)NCC(=O)N[C@@H](CCCN=C(N)N)C(=O)c1nccs1. The number of nitrogens with two attached hydrogens (primary N) is 3. The fourth-order valence-electron chi connectivity index (χ4n) is 2.69. The van der Waals surface area contributed by atoms with Crippen molar-refractivity contribution >= 4 is 41.0 Å². The molecule has 0 saturated heterocycles. The van der Waals surface area contributed by atoms with Gasteiger partial charge in [-0.25, -0.2) is 9.78 Å². The topological polar surface area (TPSA) is 217 Å². The van der Waals surface area contributed by atoms with E-state index in [1.54, 1.807) is 26.2 Å². The first kappa shape index (κ1) is 28.8. The zero-order valence-corrected chi connectivity index (χ0v) is 20.4. The van der Waals surface area contributed by atoms with Crippen LogP contribution < -0.4 is 33.2 Å². The number of thiazole rings is 1. The number of Topliss-reactive ketones (excluding diaryl/α,β-unsaturated/α-hetero) is 1. The summed E-state index contributed by atoms with van der Waals surface area (Å²) in [5, 5.41) is 9.39. The minimum atomic E-state index is -0.986. The summed E-state index contributed by atoms with van der Waals surface area (Å²) in [6.07, 6.45) is 1.56. The number of carbonyl (C=O) groups is 4. The van der Waals surface area contributed by atoms with E-state index in [9.17, 15) is 19.2 Å². The van der Waals surface area contributed by atoms with Gasteiger partial charge in [0.05, 0.1) is 12.6 Å². The fourth-order valence-corrected chi connectivity index (χ4v) is 3.32. The molecule has 13 nitrogen and oxygen atoms in total. The van der Waals surface area contributed by atoms with E-state index in [-0.39, 0.29) is 42.7 Å². The van der Waals surface area contributed by atoms with Gasteiger partial charge in [-0.15, -0.1) is 11.3 Å². The summed E-state index contributed by atoms with van der Waals surface area (Å²) in [5.74, 6) is -1.62. The second-order valence-corrected chi connectivity index (χ2v) is 9.16. The van der Waals surface area contributed by atoms with Gasteiger partial charge in [0.1, 0.15) is 11.6 Å². The van der Waals surface area contributed by atoms with Crippen molar-refractivity contribution in [2.45, 2.75) is 57.7 Å². The van der Waals surface area contributed by atoms with Crippen molar-refractivity contribution < 1.29 is 23.9 Å². The lowest BCUT2D eigenvalue weighted by Gasteiger charge is -2.23. The summed E-state index contributed by atoms with van der Waals surface area (Å²) < 4.78 is 5.15. The molecule has 14 heteroatoms. The molecule has 0 fully saturated rings. The largest absolute Gasteiger partial charge is 0.444 e. The van der Waals surface area contributed by atoms with Crippen LogP contribution in [0.15, 0.2) is 16.6 Å². The van der Waals surface area contributed by atoms with E-state index < -0.39 is 42.1 Å². The summed E-state index contributed by atoms with van der Waals surface area (Å²) in [5.41, 5.74) is 15.4. The van der Waals surface area contributed by atoms with Gasteiger partial charge in [-0.1, -0.05) is 0 Å². The molecular formula is C20H34N8O5S.